The van der Waals surface area contributed by atoms with E-state index in [1.54, 1.807) is 30.5 Å². The summed E-state index contributed by atoms with van der Waals surface area (Å²) in [6, 6.07) is 19.0. The van der Waals surface area contributed by atoms with Crippen LogP contribution in [0.3, 0.4) is 0 Å². The number of hydrogen-bond acceptors (Lipinski definition) is 6. The van der Waals surface area contributed by atoms with Gasteiger partial charge < -0.3 is 10.2 Å². The molecule has 0 radical (unpaired) electrons. The number of para-hydroxylation sites is 1. The van der Waals surface area contributed by atoms with Crippen LogP contribution in [0.25, 0.3) is 0 Å². The van der Waals surface area contributed by atoms with E-state index in [0.717, 1.165) is 11.4 Å². The quantitative estimate of drug-likeness (QED) is 0.797. The Balaban J connectivity index is 1.81. The molecule has 1 N–H and O–H groups in total. The first-order valence-electron chi connectivity index (χ1n) is 7.02. The second-order valence-electron chi connectivity index (χ2n) is 4.85. The van der Waals surface area contributed by atoms with Gasteiger partial charge in [-0.05, 0) is 36.4 Å². The van der Waals surface area contributed by atoms with E-state index in [9.17, 15) is 0 Å². The molecule has 0 atom stereocenters. The van der Waals surface area contributed by atoms with Crippen molar-refractivity contribution in [1.29, 1.82) is 5.26 Å². The van der Waals surface area contributed by atoms with Crippen molar-refractivity contribution >= 4 is 23.1 Å². The average molecular weight is 302 g/mol. The van der Waals surface area contributed by atoms with Crippen LogP contribution in [0, 0.1) is 11.3 Å². The third-order valence-electron chi connectivity index (χ3n) is 3.30. The van der Waals surface area contributed by atoms with Gasteiger partial charge in [0, 0.05) is 18.4 Å². The van der Waals surface area contributed by atoms with Crippen LogP contribution in [-0.2, 0) is 0 Å². The van der Waals surface area contributed by atoms with Gasteiger partial charge in [-0.1, -0.05) is 18.2 Å². The van der Waals surface area contributed by atoms with Gasteiger partial charge in [-0.25, -0.2) is 0 Å². The van der Waals surface area contributed by atoms with Gasteiger partial charge in [-0.2, -0.15) is 15.3 Å². The van der Waals surface area contributed by atoms with Gasteiger partial charge in [-0.15, -0.1) is 5.10 Å². The summed E-state index contributed by atoms with van der Waals surface area (Å²) in [5.74, 6) is 1.08. The Labute approximate surface area is 134 Å². The molecule has 23 heavy (non-hydrogen) atoms. The second kappa shape index (κ2) is 6.54. The Bertz CT molecular complexity index is 824. The standard InChI is InChI=1S/C17H14N6/c1-23(15-5-3-2-4-6-15)16-12-19-22-17(21-16)20-14-9-7-13(11-18)8-10-14/h2-10,12H,1H3,(H,20,21,22). The molecule has 0 aliphatic rings. The van der Waals surface area contributed by atoms with Crippen molar-refractivity contribution in [3.63, 3.8) is 0 Å². The molecule has 0 fully saturated rings. The minimum atomic E-state index is 0.398. The first-order chi connectivity index (χ1) is 11.3. The molecule has 6 heteroatoms. The topological polar surface area (TPSA) is 77.7 Å². The third-order valence-corrected chi connectivity index (χ3v) is 3.30. The number of rotatable bonds is 4. The van der Waals surface area contributed by atoms with Crippen molar-refractivity contribution in [1.82, 2.24) is 15.2 Å². The summed E-state index contributed by atoms with van der Waals surface area (Å²) in [5, 5.41) is 19.9. The van der Waals surface area contributed by atoms with E-state index >= 15 is 0 Å². The van der Waals surface area contributed by atoms with Gasteiger partial charge in [0.1, 0.15) is 0 Å². The van der Waals surface area contributed by atoms with E-state index in [1.165, 1.54) is 0 Å². The number of hydrogen-bond donors (Lipinski definition) is 1. The van der Waals surface area contributed by atoms with E-state index in [2.05, 4.69) is 26.6 Å². The summed E-state index contributed by atoms with van der Waals surface area (Å²) in [7, 11) is 1.92. The molecule has 2 aromatic carbocycles. The van der Waals surface area contributed by atoms with E-state index in [4.69, 9.17) is 5.26 Å². The van der Waals surface area contributed by atoms with Crippen LogP contribution < -0.4 is 10.2 Å². The van der Waals surface area contributed by atoms with E-state index in [1.807, 2.05) is 42.3 Å². The fraction of sp³-hybridized carbons (Fsp3) is 0.0588. The number of benzene rings is 2. The van der Waals surface area contributed by atoms with Crippen molar-refractivity contribution in [2.75, 3.05) is 17.3 Å². The van der Waals surface area contributed by atoms with Crippen LogP contribution in [0.5, 0.6) is 0 Å². The highest BCUT2D eigenvalue weighted by molar-refractivity contribution is 5.60. The smallest absolute Gasteiger partial charge is 0.249 e. The van der Waals surface area contributed by atoms with E-state index < -0.39 is 0 Å². The molecule has 3 rings (SSSR count). The zero-order valence-electron chi connectivity index (χ0n) is 12.5. The van der Waals surface area contributed by atoms with Crippen LogP contribution >= 0.6 is 0 Å². The minimum Gasteiger partial charge on any atom is -0.328 e. The van der Waals surface area contributed by atoms with Crippen LogP contribution in [0.15, 0.2) is 60.8 Å². The van der Waals surface area contributed by atoms with Gasteiger partial charge >= 0.3 is 0 Å². The molecular formula is C17H14N6. The summed E-state index contributed by atoms with van der Waals surface area (Å²) >= 11 is 0. The Kier molecular flexibility index (Phi) is 4.11. The maximum absolute atomic E-state index is 8.81. The van der Waals surface area contributed by atoms with Crippen LogP contribution in [0.4, 0.5) is 23.1 Å². The lowest BCUT2D eigenvalue weighted by molar-refractivity contribution is 0.957. The molecule has 112 valence electrons. The molecule has 1 aromatic heterocycles. The molecule has 3 aromatic rings. The highest BCUT2D eigenvalue weighted by Crippen LogP contribution is 2.21. The normalized spacial score (nSPS) is 9.91. The van der Waals surface area contributed by atoms with E-state index in [0.29, 0.717) is 17.3 Å². The minimum absolute atomic E-state index is 0.398. The van der Waals surface area contributed by atoms with Gasteiger partial charge in [-0.3, -0.25) is 0 Å². The van der Waals surface area contributed by atoms with Gasteiger partial charge in [0.25, 0.3) is 0 Å². The monoisotopic (exact) mass is 302 g/mol. The number of nitrogens with zero attached hydrogens (tertiary/aromatic N) is 5. The summed E-state index contributed by atoms with van der Waals surface area (Å²) in [6.07, 6.45) is 1.61. The van der Waals surface area contributed by atoms with Crippen molar-refractivity contribution in [3.05, 3.63) is 66.4 Å². The Morgan fingerprint density at radius 2 is 1.78 bits per heavy atom. The lowest BCUT2D eigenvalue weighted by atomic mass is 10.2. The zero-order chi connectivity index (χ0) is 16.1. The van der Waals surface area contributed by atoms with Gasteiger partial charge in [0.05, 0.1) is 17.8 Å². The molecule has 0 unspecified atom stereocenters. The van der Waals surface area contributed by atoms with Gasteiger partial charge in [0.15, 0.2) is 5.82 Å². The van der Waals surface area contributed by atoms with Crippen molar-refractivity contribution in [3.8, 4) is 6.07 Å². The second-order valence-corrected chi connectivity index (χ2v) is 4.85. The molecule has 6 nitrogen and oxygen atoms in total. The van der Waals surface area contributed by atoms with Gasteiger partial charge in [0.2, 0.25) is 5.95 Å². The molecule has 0 saturated heterocycles. The Hall–Kier alpha value is -3.46. The molecule has 0 saturated carbocycles. The zero-order valence-corrected chi connectivity index (χ0v) is 12.5. The van der Waals surface area contributed by atoms with Crippen molar-refractivity contribution in [2.24, 2.45) is 0 Å². The molecule has 0 aliphatic heterocycles. The molecular weight excluding hydrogens is 288 g/mol. The van der Waals surface area contributed by atoms with E-state index in [-0.39, 0.29) is 0 Å². The first-order valence-corrected chi connectivity index (χ1v) is 7.02. The summed E-state index contributed by atoms with van der Waals surface area (Å²) in [4.78, 5) is 6.39. The number of nitrogens with one attached hydrogen (secondary N) is 1. The first kappa shape index (κ1) is 14.5. The SMILES string of the molecule is CN(c1ccccc1)c1cnnc(Nc2ccc(C#N)cc2)n1. The fourth-order valence-corrected chi connectivity index (χ4v) is 2.05. The maximum Gasteiger partial charge on any atom is 0.249 e. The number of aromatic nitrogens is 3. The van der Waals surface area contributed by atoms with Crippen LogP contribution in [0.2, 0.25) is 0 Å². The summed E-state index contributed by atoms with van der Waals surface area (Å²) < 4.78 is 0. The van der Waals surface area contributed by atoms with Crippen LogP contribution in [0.1, 0.15) is 5.56 Å². The third kappa shape index (κ3) is 3.41. The predicted octanol–water partition coefficient (Wildman–Crippen LogP) is 3.25. The molecule has 1 heterocycles. The average Bonchev–Trinajstić information content (AvgIpc) is 2.63. The summed E-state index contributed by atoms with van der Waals surface area (Å²) in [6.45, 7) is 0. The molecule has 0 aliphatic carbocycles. The number of anilines is 4. The number of nitriles is 1. The maximum atomic E-state index is 8.81. The lowest BCUT2D eigenvalue weighted by Gasteiger charge is -2.18. The highest BCUT2D eigenvalue weighted by atomic mass is 15.3. The Morgan fingerprint density at radius 3 is 2.48 bits per heavy atom. The fourth-order valence-electron chi connectivity index (χ4n) is 2.05. The van der Waals surface area contributed by atoms with Crippen molar-refractivity contribution in [2.45, 2.75) is 0 Å². The predicted molar refractivity (Wildman–Crippen MR) is 88.8 cm³/mol. The largest absolute Gasteiger partial charge is 0.328 e. The van der Waals surface area contributed by atoms with Crippen molar-refractivity contribution < 1.29 is 0 Å². The Morgan fingerprint density at radius 1 is 1.04 bits per heavy atom. The summed E-state index contributed by atoms with van der Waals surface area (Å²) in [5.41, 5.74) is 2.41. The highest BCUT2D eigenvalue weighted by Gasteiger charge is 2.07. The molecule has 0 amide bonds. The van der Waals surface area contributed by atoms with Crippen LogP contribution in [-0.4, -0.2) is 22.2 Å². The lowest BCUT2D eigenvalue weighted by Crippen LogP contribution is -2.13. The molecule has 0 bridgehead atoms. The molecule has 0 spiro atoms.